The van der Waals surface area contributed by atoms with E-state index in [1.807, 2.05) is 13.8 Å². The van der Waals surface area contributed by atoms with Gasteiger partial charge in [-0.2, -0.15) is 0 Å². The number of carbonyl (C=O) groups excluding carboxylic acids is 3. The Kier molecular flexibility index (Phi) is 12.9. The molecule has 0 saturated heterocycles. The Morgan fingerprint density at radius 3 is 2.02 bits per heavy atom. The fourth-order valence-corrected chi connectivity index (χ4v) is 6.51. The third-order valence-electron chi connectivity index (χ3n) is 8.66. The normalized spacial score (nSPS) is 16.8. The van der Waals surface area contributed by atoms with Crippen molar-refractivity contribution in [2.24, 2.45) is 17.1 Å². The highest BCUT2D eigenvalue weighted by Crippen LogP contribution is 2.44. The van der Waals surface area contributed by atoms with Gasteiger partial charge in [-0.3, -0.25) is 14.4 Å². The van der Waals surface area contributed by atoms with Gasteiger partial charge in [-0.25, -0.2) is 8.78 Å². The molecule has 4 rings (SSSR count). The van der Waals surface area contributed by atoms with Crippen molar-refractivity contribution >= 4 is 29.1 Å². The second-order valence-corrected chi connectivity index (χ2v) is 12.8. The van der Waals surface area contributed by atoms with Crippen LogP contribution >= 0.6 is 0 Å². The molecule has 3 aromatic carbocycles. The zero-order valence-electron chi connectivity index (χ0n) is 29.0. The van der Waals surface area contributed by atoms with Crippen molar-refractivity contribution in [3.8, 4) is 11.5 Å². The molecule has 0 heterocycles. The van der Waals surface area contributed by atoms with E-state index in [9.17, 15) is 28.3 Å². The third kappa shape index (κ3) is 9.78. The summed E-state index contributed by atoms with van der Waals surface area (Å²) < 4.78 is 34.6. The molecule has 0 spiro atoms. The predicted molar refractivity (Wildman–Crippen MR) is 191 cm³/mol. The second-order valence-electron chi connectivity index (χ2n) is 12.8. The number of halogens is 2. The van der Waals surface area contributed by atoms with Crippen LogP contribution in [-0.2, 0) is 20.8 Å². The molecular formula is C39H46F2N4O5. The number of nitrogens with zero attached hydrogens (tertiary/aromatic N) is 1. The maximum Gasteiger partial charge on any atom is 0.249 e. The summed E-state index contributed by atoms with van der Waals surface area (Å²) in [7, 11) is 0. The molecule has 0 aromatic heterocycles. The van der Waals surface area contributed by atoms with Crippen LogP contribution in [0.4, 0.5) is 20.2 Å². The number of allylic oxidation sites excluding steroid dienone is 2. The lowest BCUT2D eigenvalue weighted by molar-refractivity contribution is -0.132. The number of primary amides is 1. The number of nitrogens with two attached hydrogens (primary N) is 1. The number of hydrogen-bond acceptors (Lipinski definition) is 6. The highest BCUT2D eigenvalue weighted by atomic mass is 19.1. The molecule has 0 saturated carbocycles. The van der Waals surface area contributed by atoms with Crippen molar-refractivity contribution in [1.82, 2.24) is 4.90 Å². The van der Waals surface area contributed by atoms with Gasteiger partial charge < -0.3 is 31.1 Å². The van der Waals surface area contributed by atoms with Gasteiger partial charge in [0.15, 0.2) is 0 Å². The minimum Gasteiger partial charge on any atom is -0.457 e. The zero-order chi connectivity index (χ0) is 36.4. The van der Waals surface area contributed by atoms with Crippen molar-refractivity contribution in [2.45, 2.75) is 59.5 Å². The number of carbonyl (C=O) groups is 3. The fourth-order valence-electron chi connectivity index (χ4n) is 6.51. The van der Waals surface area contributed by atoms with E-state index in [4.69, 9.17) is 10.5 Å². The van der Waals surface area contributed by atoms with E-state index < -0.39 is 35.0 Å². The lowest BCUT2D eigenvalue weighted by Crippen LogP contribution is -2.51. The van der Waals surface area contributed by atoms with Crippen LogP contribution in [0.5, 0.6) is 11.5 Å². The molecule has 50 heavy (non-hydrogen) atoms. The number of amides is 3. The average Bonchev–Trinajstić information content (AvgIpc) is 3.06. The van der Waals surface area contributed by atoms with Crippen molar-refractivity contribution in [3.05, 3.63) is 107 Å². The van der Waals surface area contributed by atoms with E-state index in [0.29, 0.717) is 47.1 Å². The maximum atomic E-state index is 14.3. The summed E-state index contributed by atoms with van der Waals surface area (Å²) in [5.41, 5.74) is 7.15. The molecule has 3 amide bonds. The molecule has 1 aliphatic carbocycles. The number of ether oxygens (including phenoxy) is 1. The van der Waals surface area contributed by atoms with E-state index in [0.717, 1.165) is 18.9 Å². The number of aliphatic hydroxyl groups excluding tert-OH is 1. The van der Waals surface area contributed by atoms with Gasteiger partial charge in [0.1, 0.15) is 23.1 Å². The van der Waals surface area contributed by atoms with Crippen LogP contribution in [0.15, 0.2) is 90.0 Å². The Balaban J connectivity index is 1.58. The average molecular weight is 689 g/mol. The van der Waals surface area contributed by atoms with E-state index in [1.54, 1.807) is 72.5 Å². The summed E-state index contributed by atoms with van der Waals surface area (Å²) in [4.78, 5) is 40.3. The van der Waals surface area contributed by atoms with Crippen LogP contribution in [0.2, 0.25) is 0 Å². The molecule has 11 heteroatoms. The fraction of sp³-hybridized carbons (Fsp3) is 0.359. The first-order chi connectivity index (χ1) is 23.8. The first-order valence-electron chi connectivity index (χ1n) is 16.8. The Bertz CT molecular complexity index is 1700. The van der Waals surface area contributed by atoms with E-state index in [2.05, 4.69) is 10.6 Å². The molecular weight excluding hydrogens is 642 g/mol. The quantitative estimate of drug-likeness (QED) is 0.132. The van der Waals surface area contributed by atoms with E-state index >= 15 is 0 Å². The lowest BCUT2D eigenvalue weighted by atomic mass is 9.63. The van der Waals surface area contributed by atoms with E-state index in [-0.39, 0.29) is 36.8 Å². The number of benzene rings is 3. The van der Waals surface area contributed by atoms with Gasteiger partial charge in [0.05, 0.1) is 11.5 Å². The van der Waals surface area contributed by atoms with Gasteiger partial charge in [0.25, 0.3) is 0 Å². The number of rotatable bonds is 16. The summed E-state index contributed by atoms with van der Waals surface area (Å²) in [5.74, 6) is -2.55. The zero-order valence-corrected chi connectivity index (χ0v) is 29.0. The standard InChI is InChI=1S/C39H46F2N4O5/c1-5-15-45(16-6-2)37(48)28-17-25(3)22-39(23-28,38(42)49)35(20-27-18-29(40)21-30(41)19-27)36(47)24-43-31-7-11-33(12-8-31)50-34-13-9-32(10-14-34)44-26(4)46/h7-14,17-19,21-22,35-36,43,47H,5-6,15-16,20,23-24H2,1-4H3,(H2,42,49)(H,44,46)/t35-,36+,39?/m1/s1. The summed E-state index contributed by atoms with van der Waals surface area (Å²) in [6.07, 6.45) is 3.53. The highest BCUT2D eigenvalue weighted by molar-refractivity contribution is 5.97. The van der Waals surface area contributed by atoms with Crippen LogP contribution in [0.3, 0.4) is 0 Å². The van der Waals surface area contributed by atoms with Crippen molar-refractivity contribution < 1.29 is 33.0 Å². The molecule has 1 aliphatic rings. The SMILES string of the molecule is CCCN(CCC)C(=O)C1=CC(C)=CC(C(N)=O)([C@H](Cc2cc(F)cc(F)c2)[C@@H](O)CNc2ccc(Oc3ccc(NC(C)=O)cc3)cc2)C1. The smallest absolute Gasteiger partial charge is 0.249 e. The summed E-state index contributed by atoms with van der Waals surface area (Å²) in [5, 5.41) is 17.7. The molecule has 0 bridgehead atoms. The number of anilines is 2. The first kappa shape index (κ1) is 37.8. The lowest BCUT2D eigenvalue weighted by Gasteiger charge is -2.42. The monoisotopic (exact) mass is 688 g/mol. The van der Waals surface area contributed by atoms with Gasteiger partial charge in [-0.05, 0) is 98.8 Å². The van der Waals surface area contributed by atoms with Gasteiger partial charge in [-0.1, -0.05) is 31.6 Å². The molecule has 1 unspecified atom stereocenters. The van der Waals surface area contributed by atoms with Gasteiger partial charge in [0.2, 0.25) is 17.7 Å². The minimum atomic E-state index is -1.54. The van der Waals surface area contributed by atoms with Crippen LogP contribution in [0, 0.1) is 23.0 Å². The number of nitrogens with one attached hydrogen (secondary N) is 2. The number of hydrogen-bond donors (Lipinski definition) is 4. The summed E-state index contributed by atoms with van der Waals surface area (Å²) in [6.45, 7) is 8.21. The Morgan fingerprint density at radius 2 is 1.50 bits per heavy atom. The molecule has 0 fully saturated rings. The van der Waals surface area contributed by atoms with Crippen LogP contribution in [0.25, 0.3) is 0 Å². The molecule has 3 atom stereocenters. The van der Waals surface area contributed by atoms with Crippen molar-refractivity contribution in [1.29, 1.82) is 0 Å². The Morgan fingerprint density at radius 1 is 0.940 bits per heavy atom. The minimum absolute atomic E-state index is 0.0417. The van der Waals surface area contributed by atoms with Gasteiger partial charge in [0, 0.05) is 55.5 Å². The summed E-state index contributed by atoms with van der Waals surface area (Å²) in [6, 6.07) is 17.0. The van der Waals surface area contributed by atoms with Crippen LogP contribution < -0.4 is 21.1 Å². The molecule has 9 nitrogen and oxygen atoms in total. The largest absolute Gasteiger partial charge is 0.457 e. The molecule has 266 valence electrons. The predicted octanol–water partition coefficient (Wildman–Crippen LogP) is 6.74. The van der Waals surface area contributed by atoms with Crippen LogP contribution in [0.1, 0.15) is 52.5 Å². The maximum absolute atomic E-state index is 14.3. The van der Waals surface area contributed by atoms with Crippen molar-refractivity contribution in [2.75, 3.05) is 30.3 Å². The molecule has 0 radical (unpaired) electrons. The Labute approximate surface area is 292 Å². The molecule has 3 aromatic rings. The first-order valence-corrected chi connectivity index (χ1v) is 16.8. The van der Waals surface area contributed by atoms with E-state index in [1.165, 1.54) is 19.1 Å². The second kappa shape index (κ2) is 17.1. The molecule has 0 aliphatic heterocycles. The summed E-state index contributed by atoms with van der Waals surface area (Å²) >= 11 is 0. The molecule has 5 N–H and O–H groups in total. The highest BCUT2D eigenvalue weighted by Gasteiger charge is 2.48. The Hall–Kier alpha value is -5.03. The van der Waals surface area contributed by atoms with Crippen LogP contribution in [-0.4, -0.2) is 53.5 Å². The van der Waals surface area contributed by atoms with Gasteiger partial charge >= 0.3 is 0 Å². The third-order valence-corrected chi connectivity index (χ3v) is 8.66. The number of aliphatic hydroxyl groups is 1. The van der Waals surface area contributed by atoms with Gasteiger partial charge in [-0.15, -0.1) is 0 Å². The topological polar surface area (TPSA) is 134 Å². The van der Waals surface area contributed by atoms with Crippen molar-refractivity contribution in [3.63, 3.8) is 0 Å².